The van der Waals surface area contributed by atoms with Gasteiger partial charge in [0.2, 0.25) is 5.91 Å². The van der Waals surface area contributed by atoms with Gasteiger partial charge in [0, 0.05) is 0 Å². The Balaban J connectivity index is 0.000000197. The quantitative estimate of drug-likeness (QED) is 0.782. The van der Waals surface area contributed by atoms with Crippen molar-refractivity contribution in [3.63, 3.8) is 0 Å². The smallest absolute Gasteiger partial charge is 0.314 e. The lowest BCUT2D eigenvalue weighted by molar-refractivity contribution is -0.145. The number of aliphatic carboxylic acids is 1. The van der Waals surface area contributed by atoms with Crippen molar-refractivity contribution in [2.24, 2.45) is 5.73 Å². The second kappa shape index (κ2) is 9.10. The molecule has 0 aromatic heterocycles. The topological polar surface area (TPSA) is 92.4 Å². The van der Waals surface area contributed by atoms with Crippen molar-refractivity contribution in [1.82, 2.24) is 5.32 Å². The second-order valence-electron chi connectivity index (χ2n) is 6.27. The van der Waals surface area contributed by atoms with Gasteiger partial charge < -0.3 is 16.2 Å². The number of halogens is 1. The number of nitrogens with two attached hydrogens (primary N) is 1. The number of nitrogens with one attached hydrogen (secondary N) is 1. The summed E-state index contributed by atoms with van der Waals surface area (Å²) in [7, 11) is 0. The molecule has 1 aliphatic rings. The van der Waals surface area contributed by atoms with Gasteiger partial charge in [0.05, 0.1) is 11.8 Å². The summed E-state index contributed by atoms with van der Waals surface area (Å²) in [5, 5.41) is 12.6. The fraction of sp³-hybridized carbons (Fsp3) is 0.300. The average molecular weight is 358 g/mol. The largest absolute Gasteiger partial charge is 0.481 e. The molecule has 138 valence electrons. The van der Waals surface area contributed by atoms with Gasteiger partial charge in [-0.05, 0) is 49.2 Å². The van der Waals surface area contributed by atoms with Crippen LogP contribution in [0.1, 0.15) is 24.0 Å². The number of hydrogen-bond donors (Lipinski definition) is 3. The van der Waals surface area contributed by atoms with Crippen molar-refractivity contribution in [1.29, 1.82) is 0 Å². The Labute approximate surface area is 152 Å². The normalized spacial score (nSPS) is 15.4. The van der Waals surface area contributed by atoms with Crippen LogP contribution in [0.4, 0.5) is 4.39 Å². The third-order valence-electron chi connectivity index (χ3n) is 4.48. The second-order valence-corrected chi connectivity index (χ2v) is 6.27. The SMILES string of the molecule is NC(=O)Cc1ccc(F)cc1.O=C(O)C1(c2ccccc2)CCNCC1. The van der Waals surface area contributed by atoms with Crippen LogP contribution in [0, 0.1) is 5.82 Å². The Hall–Kier alpha value is -2.73. The van der Waals surface area contributed by atoms with E-state index >= 15 is 0 Å². The van der Waals surface area contributed by atoms with Gasteiger partial charge in [-0.25, -0.2) is 4.39 Å². The van der Waals surface area contributed by atoms with E-state index in [1.807, 2.05) is 30.3 Å². The summed E-state index contributed by atoms with van der Waals surface area (Å²) in [6.45, 7) is 1.56. The van der Waals surface area contributed by atoms with Crippen molar-refractivity contribution in [3.05, 3.63) is 71.5 Å². The molecule has 1 aliphatic heterocycles. The molecule has 5 nitrogen and oxygen atoms in total. The number of carbonyl (C=O) groups excluding carboxylic acids is 1. The molecule has 1 fully saturated rings. The van der Waals surface area contributed by atoms with E-state index in [9.17, 15) is 19.1 Å². The van der Waals surface area contributed by atoms with E-state index in [1.165, 1.54) is 12.1 Å². The summed E-state index contributed by atoms with van der Waals surface area (Å²) in [6.07, 6.45) is 1.51. The molecule has 2 aromatic carbocycles. The lowest BCUT2D eigenvalue weighted by atomic mass is 9.73. The van der Waals surface area contributed by atoms with Gasteiger partial charge in [0.25, 0.3) is 0 Å². The van der Waals surface area contributed by atoms with Crippen LogP contribution in [0.3, 0.4) is 0 Å². The number of amides is 1. The average Bonchev–Trinajstić information content (AvgIpc) is 2.65. The fourth-order valence-corrected chi connectivity index (χ4v) is 3.04. The van der Waals surface area contributed by atoms with Gasteiger partial charge in [-0.15, -0.1) is 0 Å². The summed E-state index contributed by atoms with van der Waals surface area (Å²) in [6, 6.07) is 15.2. The summed E-state index contributed by atoms with van der Waals surface area (Å²) >= 11 is 0. The minimum Gasteiger partial charge on any atom is -0.481 e. The minimum absolute atomic E-state index is 0.167. The van der Waals surface area contributed by atoms with Crippen LogP contribution in [0.2, 0.25) is 0 Å². The van der Waals surface area contributed by atoms with Gasteiger partial charge in [-0.3, -0.25) is 9.59 Å². The number of hydrogen-bond acceptors (Lipinski definition) is 3. The molecule has 1 saturated heterocycles. The predicted octanol–water partition coefficient (Wildman–Crippen LogP) is 2.25. The van der Waals surface area contributed by atoms with Crippen molar-refractivity contribution in [2.75, 3.05) is 13.1 Å². The Bertz CT molecular complexity index is 726. The first-order valence-electron chi connectivity index (χ1n) is 8.46. The maximum Gasteiger partial charge on any atom is 0.314 e. The number of carbonyl (C=O) groups is 2. The molecule has 2 aromatic rings. The van der Waals surface area contributed by atoms with Crippen molar-refractivity contribution in [3.8, 4) is 0 Å². The van der Waals surface area contributed by atoms with E-state index in [1.54, 1.807) is 12.1 Å². The lowest BCUT2D eigenvalue weighted by Gasteiger charge is -2.34. The first-order valence-corrected chi connectivity index (χ1v) is 8.46. The number of carboxylic acid groups (broad SMARTS) is 1. The van der Waals surface area contributed by atoms with Crippen LogP contribution in [0.5, 0.6) is 0 Å². The van der Waals surface area contributed by atoms with Gasteiger partial charge in [0.1, 0.15) is 5.82 Å². The molecule has 0 aliphatic carbocycles. The van der Waals surface area contributed by atoms with Crippen LogP contribution in [-0.2, 0) is 21.4 Å². The zero-order valence-electron chi connectivity index (χ0n) is 14.5. The molecule has 0 bridgehead atoms. The van der Waals surface area contributed by atoms with Crippen molar-refractivity contribution < 1.29 is 19.1 Å². The third kappa shape index (κ3) is 5.13. The zero-order chi connectivity index (χ0) is 19.0. The molecule has 4 N–H and O–H groups in total. The number of rotatable bonds is 4. The lowest BCUT2D eigenvalue weighted by Crippen LogP contribution is -2.45. The maximum absolute atomic E-state index is 12.3. The first kappa shape index (κ1) is 19.6. The van der Waals surface area contributed by atoms with Crippen molar-refractivity contribution >= 4 is 11.9 Å². The van der Waals surface area contributed by atoms with Gasteiger partial charge in [-0.1, -0.05) is 42.5 Å². The number of piperidine rings is 1. The number of primary amides is 1. The Morgan fingerprint density at radius 3 is 2.12 bits per heavy atom. The van der Waals surface area contributed by atoms with E-state index in [-0.39, 0.29) is 12.2 Å². The highest BCUT2D eigenvalue weighted by atomic mass is 19.1. The molecule has 0 unspecified atom stereocenters. The monoisotopic (exact) mass is 358 g/mol. The van der Waals surface area contributed by atoms with Crippen LogP contribution < -0.4 is 11.1 Å². The summed E-state index contributed by atoms with van der Waals surface area (Å²) in [4.78, 5) is 21.8. The molecule has 6 heteroatoms. The molecule has 26 heavy (non-hydrogen) atoms. The van der Waals surface area contributed by atoms with E-state index in [0.717, 1.165) is 24.2 Å². The Kier molecular flexibility index (Phi) is 6.86. The van der Waals surface area contributed by atoms with Crippen LogP contribution in [-0.4, -0.2) is 30.1 Å². The molecule has 0 radical (unpaired) electrons. The molecule has 3 rings (SSSR count). The zero-order valence-corrected chi connectivity index (χ0v) is 14.5. The van der Waals surface area contributed by atoms with Gasteiger partial charge in [0.15, 0.2) is 0 Å². The molecular formula is C20H23FN2O3. The molecular weight excluding hydrogens is 335 g/mol. The molecule has 0 atom stereocenters. The highest BCUT2D eigenvalue weighted by Gasteiger charge is 2.40. The number of benzene rings is 2. The standard InChI is InChI=1S/C12H15NO2.C8H8FNO/c14-11(15)12(6-8-13-9-7-12)10-4-2-1-3-5-10;9-7-3-1-6(2-4-7)5-8(10)11/h1-5,13H,6-9H2,(H,14,15);1-4H,5H2,(H2,10,11). The van der Waals surface area contributed by atoms with Crippen LogP contribution in [0.25, 0.3) is 0 Å². The number of carboxylic acids is 1. The van der Waals surface area contributed by atoms with Crippen LogP contribution in [0.15, 0.2) is 54.6 Å². The van der Waals surface area contributed by atoms with Crippen LogP contribution >= 0.6 is 0 Å². The van der Waals surface area contributed by atoms with Crippen molar-refractivity contribution in [2.45, 2.75) is 24.7 Å². The Morgan fingerprint density at radius 1 is 1.04 bits per heavy atom. The highest BCUT2D eigenvalue weighted by Crippen LogP contribution is 2.33. The van der Waals surface area contributed by atoms with E-state index in [2.05, 4.69) is 5.32 Å². The molecule has 0 saturated carbocycles. The van der Waals surface area contributed by atoms with E-state index in [4.69, 9.17) is 5.73 Å². The third-order valence-corrected chi connectivity index (χ3v) is 4.48. The summed E-state index contributed by atoms with van der Waals surface area (Å²) in [5.74, 6) is -1.41. The molecule has 1 heterocycles. The summed E-state index contributed by atoms with van der Waals surface area (Å²) in [5.41, 5.74) is 5.92. The Morgan fingerprint density at radius 2 is 1.62 bits per heavy atom. The first-order chi connectivity index (χ1) is 12.4. The van der Waals surface area contributed by atoms with E-state index in [0.29, 0.717) is 12.8 Å². The fourth-order valence-electron chi connectivity index (χ4n) is 3.04. The summed E-state index contributed by atoms with van der Waals surface area (Å²) < 4.78 is 12.3. The van der Waals surface area contributed by atoms with Gasteiger partial charge in [-0.2, -0.15) is 0 Å². The molecule has 1 amide bonds. The van der Waals surface area contributed by atoms with Gasteiger partial charge >= 0.3 is 5.97 Å². The maximum atomic E-state index is 12.3. The van der Waals surface area contributed by atoms with E-state index < -0.39 is 17.3 Å². The predicted molar refractivity (Wildman–Crippen MR) is 97.2 cm³/mol. The minimum atomic E-state index is -0.699. The molecule has 0 spiro atoms. The highest BCUT2D eigenvalue weighted by molar-refractivity contribution is 5.81.